The van der Waals surface area contributed by atoms with E-state index in [9.17, 15) is 0 Å². The molecule has 100 valence electrons. The van der Waals surface area contributed by atoms with E-state index in [2.05, 4.69) is 40.3 Å². The summed E-state index contributed by atoms with van der Waals surface area (Å²) in [7, 11) is 0. The third-order valence-electron chi connectivity index (χ3n) is 3.63. The van der Waals surface area contributed by atoms with Gasteiger partial charge in [-0.15, -0.1) is 0 Å². The summed E-state index contributed by atoms with van der Waals surface area (Å²) in [5.41, 5.74) is 1.27. The zero-order chi connectivity index (χ0) is 13.0. The highest BCUT2D eigenvalue weighted by molar-refractivity contribution is 9.10. The zero-order valence-electron chi connectivity index (χ0n) is 10.9. The summed E-state index contributed by atoms with van der Waals surface area (Å²) in [5, 5.41) is 4.50. The van der Waals surface area contributed by atoms with Crippen molar-refractivity contribution in [2.45, 2.75) is 45.1 Å². The van der Waals surface area contributed by atoms with Gasteiger partial charge in [0.2, 0.25) is 0 Å². The maximum absolute atomic E-state index is 6.24. The van der Waals surface area contributed by atoms with Gasteiger partial charge in [-0.25, -0.2) is 0 Å². The molecule has 1 N–H and O–H groups in total. The number of nitrogens with one attached hydrogen (secondary N) is 1. The van der Waals surface area contributed by atoms with Gasteiger partial charge in [0.1, 0.15) is 0 Å². The van der Waals surface area contributed by atoms with Crippen LogP contribution in [0.15, 0.2) is 22.7 Å². The van der Waals surface area contributed by atoms with Crippen molar-refractivity contribution in [2.24, 2.45) is 5.92 Å². The van der Waals surface area contributed by atoms with Gasteiger partial charge < -0.3 is 5.32 Å². The van der Waals surface area contributed by atoms with Crippen LogP contribution in [0.1, 0.15) is 38.2 Å². The third-order valence-corrected chi connectivity index (χ3v) is 4.48. The highest BCUT2D eigenvalue weighted by Gasteiger charge is 2.29. The van der Waals surface area contributed by atoms with Crippen molar-refractivity contribution in [3.8, 4) is 0 Å². The first-order chi connectivity index (χ1) is 8.70. The molecule has 0 bridgehead atoms. The summed E-state index contributed by atoms with van der Waals surface area (Å²) in [5.74, 6) is 0.935. The summed E-state index contributed by atoms with van der Waals surface area (Å²) in [6, 6.07) is 6.92. The van der Waals surface area contributed by atoms with Crippen LogP contribution in [0.5, 0.6) is 0 Å². The van der Waals surface area contributed by atoms with E-state index in [1.54, 1.807) is 0 Å². The Kier molecular flexibility index (Phi) is 5.53. The van der Waals surface area contributed by atoms with E-state index in [0.29, 0.717) is 0 Å². The molecule has 1 fully saturated rings. The summed E-state index contributed by atoms with van der Waals surface area (Å²) >= 11 is 9.68. The molecular weight excluding hydrogens is 310 g/mol. The number of hydrogen-bond donors (Lipinski definition) is 1. The second-order valence-electron chi connectivity index (χ2n) is 5.13. The molecule has 1 aliphatic carbocycles. The molecule has 3 heteroatoms. The van der Waals surface area contributed by atoms with Gasteiger partial charge in [0.05, 0.1) is 0 Å². The van der Waals surface area contributed by atoms with Crippen molar-refractivity contribution in [1.29, 1.82) is 0 Å². The Balaban J connectivity index is 1.79. The van der Waals surface area contributed by atoms with Crippen LogP contribution in [-0.2, 0) is 6.42 Å². The minimum Gasteiger partial charge on any atom is -0.314 e. The smallest absolute Gasteiger partial charge is 0.0449 e. The van der Waals surface area contributed by atoms with E-state index < -0.39 is 0 Å². The van der Waals surface area contributed by atoms with Gasteiger partial charge in [-0.3, -0.25) is 0 Å². The molecule has 1 unspecified atom stereocenters. The SMILES string of the molecule is CCNC(CCCc1ccc(Br)cc1Cl)C1CC1. The standard InChI is InChI=1S/C15H21BrClN/c1-2-18-15(12-6-7-12)5-3-4-11-8-9-13(16)10-14(11)17/h8-10,12,15,18H,2-7H2,1H3. The average molecular weight is 331 g/mol. The second-order valence-corrected chi connectivity index (χ2v) is 6.45. The predicted octanol–water partition coefficient (Wildman–Crippen LogP) is 4.81. The molecular formula is C15H21BrClN. The quantitative estimate of drug-likeness (QED) is 0.756. The topological polar surface area (TPSA) is 12.0 Å². The number of hydrogen-bond acceptors (Lipinski definition) is 1. The van der Waals surface area contributed by atoms with Crippen LogP contribution < -0.4 is 5.32 Å². The molecule has 1 saturated carbocycles. The van der Waals surface area contributed by atoms with E-state index >= 15 is 0 Å². The molecule has 0 radical (unpaired) electrons. The fourth-order valence-electron chi connectivity index (χ4n) is 2.50. The van der Waals surface area contributed by atoms with Crippen molar-refractivity contribution in [1.82, 2.24) is 5.32 Å². The van der Waals surface area contributed by atoms with Crippen LogP contribution in [0.25, 0.3) is 0 Å². The number of rotatable bonds is 7. The second kappa shape index (κ2) is 6.93. The number of benzene rings is 1. The Bertz CT molecular complexity index is 390. The van der Waals surface area contributed by atoms with Crippen molar-refractivity contribution in [2.75, 3.05) is 6.54 Å². The number of halogens is 2. The highest BCUT2D eigenvalue weighted by Crippen LogP contribution is 2.34. The van der Waals surface area contributed by atoms with Crippen molar-refractivity contribution in [3.05, 3.63) is 33.3 Å². The van der Waals surface area contributed by atoms with Crippen LogP contribution in [0.2, 0.25) is 5.02 Å². The van der Waals surface area contributed by atoms with E-state index in [1.165, 1.54) is 31.2 Å². The van der Waals surface area contributed by atoms with Crippen LogP contribution in [0.4, 0.5) is 0 Å². The normalized spacial score (nSPS) is 16.8. The molecule has 1 nitrogen and oxygen atoms in total. The van der Waals surface area contributed by atoms with E-state index in [0.717, 1.165) is 34.4 Å². The Morgan fingerprint density at radius 3 is 2.83 bits per heavy atom. The van der Waals surface area contributed by atoms with Gasteiger partial charge in [-0.2, -0.15) is 0 Å². The zero-order valence-corrected chi connectivity index (χ0v) is 13.2. The lowest BCUT2D eigenvalue weighted by Crippen LogP contribution is -2.30. The van der Waals surface area contributed by atoms with Gasteiger partial charge in [0, 0.05) is 15.5 Å². The molecule has 0 aliphatic heterocycles. The highest BCUT2D eigenvalue weighted by atomic mass is 79.9. The van der Waals surface area contributed by atoms with Gasteiger partial charge in [0.15, 0.2) is 0 Å². The van der Waals surface area contributed by atoms with Crippen LogP contribution in [0, 0.1) is 5.92 Å². The number of aryl methyl sites for hydroxylation is 1. The Labute approximate surface area is 123 Å². The van der Waals surface area contributed by atoms with Crippen LogP contribution >= 0.6 is 27.5 Å². The molecule has 18 heavy (non-hydrogen) atoms. The minimum atomic E-state index is 0.726. The van der Waals surface area contributed by atoms with Crippen molar-refractivity contribution < 1.29 is 0 Å². The Morgan fingerprint density at radius 1 is 1.44 bits per heavy atom. The van der Waals surface area contributed by atoms with E-state index in [-0.39, 0.29) is 0 Å². The first-order valence-electron chi connectivity index (χ1n) is 6.88. The summed E-state index contributed by atoms with van der Waals surface area (Å²) in [6.45, 7) is 3.28. The maximum atomic E-state index is 6.24. The van der Waals surface area contributed by atoms with Gasteiger partial charge in [-0.05, 0) is 62.3 Å². The molecule has 1 aromatic rings. The van der Waals surface area contributed by atoms with Crippen molar-refractivity contribution >= 4 is 27.5 Å². The van der Waals surface area contributed by atoms with Crippen LogP contribution in [-0.4, -0.2) is 12.6 Å². The summed E-state index contributed by atoms with van der Waals surface area (Å²) in [4.78, 5) is 0. The lowest BCUT2D eigenvalue weighted by molar-refractivity contribution is 0.434. The van der Waals surface area contributed by atoms with Gasteiger partial charge >= 0.3 is 0 Å². The van der Waals surface area contributed by atoms with Gasteiger partial charge in [-0.1, -0.05) is 40.5 Å². The largest absolute Gasteiger partial charge is 0.314 e. The van der Waals surface area contributed by atoms with Crippen molar-refractivity contribution in [3.63, 3.8) is 0 Å². The Hall–Kier alpha value is -0.0500. The molecule has 1 aromatic carbocycles. The fraction of sp³-hybridized carbons (Fsp3) is 0.600. The molecule has 0 amide bonds. The van der Waals surface area contributed by atoms with Crippen LogP contribution in [0.3, 0.4) is 0 Å². The molecule has 0 saturated heterocycles. The summed E-state index contributed by atoms with van der Waals surface area (Å²) in [6.07, 6.45) is 6.40. The third kappa shape index (κ3) is 4.25. The fourth-order valence-corrected chi connectivity index (χ4v) is 3.27. The lowest BCUT2D eigenvalue weighted by Gasteiger charge is -2.17. The molecule has 2 rings (SSSR count). The Morgan fingerprint density at radius 2 is 2.22 bits per heavy atom. The maximum Gasteiger partial charge on any atom is 0.0449 e. The first kappa shape index (κ1) is 14.4. The monoisotopic (exact) mass is 329 g/mol. The molecule has 1 aliphatic rings. The van der Waals surface area contributed by atoms with Gasteiger partial charge in [0.25, 0.3) is 0 Å². The van der Waals surface area contributed by atoms with E-state index in [4.69, 9.17) is 11.6 Å². The molecule has 0 aromatic heterocycles. The lowest BCUT2D eigenvalue weighted by atomic mass is 10.0. The minimum absolute atomic E-state index is 0.726. The predicted molar refractivity (Wildman–Crippen MR) is 82.3 cm³/mol. The summed E-state index contributed by atoms with van der Waals surface area (Å²) < 4.78 is 1.06. The molecule has 1 atom stereocenters. The first-order valence-corrected chi connectivity index (χ1v) is 8.05. The average Bonchev–Trinajstić information content (AvgIpc) is 3.15. The van der Waals surface area contributed by atoms with E-state index in [1.807, 2.05) is 6.07 Å². The molecule has 0 spiro atoms. The molecule has 0 heterocycles.